The van der Waals surface area contributed by atoms with E-state index in [2.05, 4.69) is 232 Å². The first-order chi connectivity index (χ1) is 28.3. The SMILES string of the molecule is CC1(C)c2ccccc2N(c2cccc3c2=C(c2ccccc2)C2=CC=CCC2(N2c4ccccc4C(C)(C)c4ccccc42)C=3c2ccccc2)c2ccccc21. The molecular formula is C56H46N2. The lowest BCUT2D eigenvalue weighted by Gasteiger charge is -2.55. The third-order valence-corrected chi connectivity index (χ3v) is 13.5. The molecule has 2 heterocycles. The van der Waals surface area contributed by atoms with E-state index in [-0.39, 0.29) is 10.8 Å². The Morgan fingerprint density at radius 2 is 0.879 bits per heavy atom. The lowest BCUT2D eigenvalue weighted by Crippen LogP contribution is -2.58. The maximum atomic E-state index is 2.73. The lowest BCUT2D eigenvalue weighted by molar-refractivity contribution is 0.572. The monoisotopic (exact) mass is 746 g/mol. The lowest BCUT2D eigenvalue weighted by atomic mass is 9.63. The predicted molar refractivity (Wildman–Crippen MR) is 242 cm³/mol. The van der Waals surface area contributed by atoms with Crippen molar-refractivity contribution < 1.29 is 0 Å². The zero-order valence-electron chi connectivity index (χ0n) is 33.6. The molecular weight excluding hydrogens is 701 g/mol. The van der Waals surface area contributed by atoms with E-state index in [4.69, 9.17) is 0 Å². The molecule has 280 valence electrons. The van der Waals surface area contributed by atoms with E-state index in [0.717, 1.165) is 6.42 Å². The molecule has 4 aliphatic rings. The van der Waals surface area contributed by atoms with Crippen LogP contribution in [0.25, 0.3) is 11.1 Å². The third kappa shape index (κ3) is 4.66. The van der Waals surface area contributed by atoms with Crippen molar-refractivity contribution in [2.45, 2.75) is 50.5 Å². The Labute approximate surface area is 342 Å². The van der Waals surface area contributed by atoms with Gasteiger partial charge >= 0.3 is 0 Å². The predicted octanol–water partition coefficient (Wildman–Crippen LogP) is 12.3. The van der Waals surface area contributed by atoms with Crippen LogP contribution in [0.15, 0.2) is 200 Å². The molecule has 0 spiro atoms. The number of hydrogen-bond acceptors (Lipinski definition) is 2. The first-order valence-electron chi connectivity index (χ1n) is 20.7. The van der Waals surface area contributed by atoms with Gasteiger partial charge < -0.3 is 9.80 Å². The van der Waals surface area contributed by atoms with Crippen molar-refractivity contribution in [3.8, 4) is 0 Å². The van der Waals surface area contributed by atoms with Gasteiger partial charge in [-0.25, -0.2) is 0 Å². The van der Waals surface area contributed by atoms with Crippen LogP contribution in [0.1, 0.15) is 67.5 Å². The van der Waals surface area contributed by atoms with Gasteiger partial charge in [0, 0.05) is 27.4 Å². The molecule has 0 fully saturated rings. The fourth-order valence-electron chi connectivity index (χ4n) is 11.0. The van der Waals surface area contributed by atoms with Crippen molar-refractivity contribution in [2.75, 3.05) is 9.80 Å². The van der Waals surface area contributed by atoms with E-state index in [9.17, 15) is 0 Å². The van der Waals surface area contributed by atoms with Crippen molar-refractivity contribution >= 4 is 39.6 Å². The molecule has 2 nitrogen and oxygen atoms in total. The Balaban J connectivity index is 1.36. The Morgan fingerprint density at radius 3 is 1.43 bits per heavy atom. The average Bonchev–Trinajstić information content (AvgIpc) is 3.26. The van der Waals surface area contributed by atoms with Gasteiger partial charge in [-0.2, -0.15) is 0 Å². The maximum absolute atomic E-state index is 2.73. The Morgan fingerprint density at radius 1 is 0.431 bits per heavy atom. The summed E-state index contributed by atoms with van der Waals surface area (Å²) in [4.78, 5) is 5.29. The van der Waals surface area contributed by atoms with Crippen LogP contribution < -0.4 is 20.2 Å². The smallest absolute Gasteiger partial charge is 0.101 e. The number of para-hydroxylation sites is 4. The number of rotatable bonds is 4. The molecule has 0 saturated heterocycles. The van der Waals surface area contributed by atoms with Crippen molar-refractivity contribution in [3.63, 3.8) is 0 Å². The molecule has 7 aromatic rings. The molecule has 7 aromatic carbocycles. The van der Waals surface area contributed by atoms with Gasteiger partial charge in [-0.3, -0.25) is 0 Å². The van der Waals surface area contributed by atoms with E-state index >= 15 is 0 Å². The summed E-state index contributed by atoms with van der Waals surface area (Å²) in [6, 6.07) is 65.8. The van der Waals surface area contributed by atoms with Crippen molar-refractivity contribution in [2.24, 2.45) is 0 Å². The van der Waals surface area contributed by atoms with E-state index in [0.29, 0.717) is 0 Å². The Hall–Kier alpha value is -6.64. The standard InChI is InChI=1S/C56H46N2/c1-54(2)41-27-11-15-32-46(41)57(47-33-16-12-28-42(47)54)50-36-21-26-40-52(50)51(38-22-7-5-8-23-38)45-31-19-20-37-56(45,53(40)39-24-9-6-10-25-39)58-48-34-17-13-29-43(48)55(3,4)44-30-14-18-35-49(44)58/h5-36H,37H2,1-4H3. The number of fused-ring (bicyclic) bond motifs is 6. The number of allylic oxidation sites excluding steroid dienone is 2. The van der Waals surface area contributed by atoms with Crippen molar-refractivity contribution in [1.82, 2.24) is 0 Å². The third-order valence-electron chi connectivity index (χ3n) is 13.5. The molecule has 0 saturated carbocycles. The first kappa shape index (κ1) is 34.6. The molecule has 0 aromatic heterocycles. The van der Waals surface area contributed by atoms with Crippen LogP contribution in [0.4, 0.5) is 28.4 Å². The fourth-order valence-corrected chi connectivity index (χ4v) is 11.0. The highest BCUT2D eigenvalue weighted by Gasteiger charge is 2.52. The van der Waals surface area contributed by atoms with Gasteiger partial charge in [0.05, 0.1) is 17.1 Å². The largest absolute Gasteiger partial charge is 0.326 e. The van der Waals surface area contributed by atoms with Gasteiger partial charge in [-0.15, -0.1) is 0 Å². The molecule has 2 aliphatic heterocycles. The number of anilines is 5. The molecule has 2 aliphatic carbocycles. The summed E-state index contributed by atoms with van der Waals surface area (Å²) < 4.78 is 0. The van der Waals surface area contributed by atoms with Gasteiger partial charge in [-0.1, -0.05) is 192 Å². The summed E-state index contributed by atoms with van der Waals surface area (Å²) >= 11 is 0. The minimum Gasteiger partial charge on any atom is -0.326 e. The highest BCUT2D eigenvalue weighted by molar-refractivity contribution is 6.01. The second-order valence-electron chi connectivity index (χ2n) is 17.2. The first-order valence-corrected chi connectivity index (χ1v) is 20.7. The number of hydrogen-bond donors (Lipinski definition) is 0. The molecule has 11 rings (SSSR count). The number of benzene rings is 7. The summed E-state index contributed by atoms with van der Waals surface area (Å²) in [7, 11) is 0. The molecule has 0 N–H and O–H groups in total. The molecule has 2 heteroatoms. The molecule has 1 unspecified atom stereocenters. The highest BCUT2D eigenvalue weighted by Crippen LogP contribution is 2.59. The van der Waals surface area contributed by atoms with Gasteiger partial charge in [0.1, 0.15) is 5.54 Å². The Bertz CT molecular complexity index is 2890. The molecule has 0 radical (unpaired) electrons. The maximum Gasteiger partial charge on any atom is 0.101 e. The summed E-state index contributed by atoms with van der Waals surface area (Å²) in [5.41, 5.74) is 16.9. The van der Waals surface area contributed by atoms with Crippen LogP contribution in [0.3, 0.4) is 0 Å². The molecule has 58 heavy (non-hydrogen) atoms. The van der Waals surface area contributed by atoms with Crippen molar-refractivity contribution in [3.05, 3.63) is 244 Å². The minimum absolute atomic E-state index is 0.166. The normalized spacial score (nSPS) is 19.2. The van der Waals surface area contributed by atoms with E-state index in [1.807, 2.05) is 0 Å². The van der Waals surface area contributed by atoms with Crippen LogP contribution >= 0.6 is 0 Å². The summed E-state index contributed by atoms with van der Waals surface area (Å²) in [5, 5.41) is 2.52. The fraction of sp³-hybridized carbons (Fsp3) is 0.143. The quantitative estimate of drug-likeness (QED) is 0.177. The second kappa shape index (κ2) is 12.7. The summed E-state index contributed by atoms with van der Waals surface area (Å²) in [6.45, 7) is 9.51. The Kier molecular flexibility index (Phi) is 7.56. The van der Waals surface area contributed by atoms with E-state index in [1.165, 1.54) is 89.0 Å². The summed E-state index contributed by atoms with van der Waals surface area (Å²) in [5.74, 6) is 0. The highest BCUT2D eigenvalue weighted by atomic mass is 15.2. The van der Waals surface area contributed by atoms with Gasteiger partial charge in [-0.05, 0) is 92.1 Å². The summed E-state index contributed by atoms with van der Waals surface area (Å²) in [6.07, 6.45) is 7.93. The van der Waals surface area contributed by atoms with Gasteiger partial charge in [0.15, 0.2) is 0 Å². The van der Waals surface area contributed by atoms with Crippen LogP contribution in [0.5, 0.6) is 0 Å². The zero-order chi connectivity index (χ0) is 39.2. The van der Waals surface area contributed by atoms with Gasteiger partial charge in [0.25, 0.3) is 0 Å². The molecule has 0 bridgehead atoms. The van der Waals surface area contributed by atoms with Crippen molar-refractivity contribution in [1.29, 1.82) is 0 Å². The van der Waals surface area contributed by atoms with Crippen LogP contribution in [0.2, 0.25) is 0 Å². The molecule has 1 atom stereocenters. The van der Waals surface area contributed by atoms with Crippen LogP contribution in [-0.4, -0.2) is 5.54 Å². The van der Waals surface area contributed by atoms with E-state index in [1.54, 1.807) is 0 Å². The topological polar surface area (TPSA) is 6.48 Å². The second-order valence-corrected chi connectivity index (χ2v) is 17.2. The minimum atomic E-state index is -0.602. The van der Waals surface area contributed by atoms with Crippen LogP contribution in [-0.2, 0) is 10.8 Å². The van der Waals surface area contributed by atoms with Gasteiger partial charge in [0.2, 0.25) is 0 Å². The van der Waals surface area contributed by atoms with Crippen LogP contribution in [0, 0.1) is 0 Å². The molecule has 0 amide bonds. The number of nitrogens with zero attached hydrogens (tertiary/aromatic N) is 2. The average molecular weight is 747 g/mol. The zero-order valence-corrected chi connectivity index (χ0v) is 33.6. The van der Waals surface area contributed by atoms with E-state index < -0.39 is 5.54 Å².